The third-order valence-corrected chi connectivity index (χ3v) is 3.97. The molecule has 7 heteroatoms. The summed E-state index contributed by atoms with van der Waals surface area (Å²) in [5.74, 6) is 0.836. The van der Waals surface area contributed by atoms with Crippen molar-refractivity contribution in [3.05, 3.63) is 22.7 Å². The molecule has 0 saturated carbocycles. The summed E-state index contributed by atoms with van der Waals surface area (Å²) in [6, 6.07) is 3.27. The third kappa shape index (κ3) is 2.69. The minimum Gasteiger partial charge on any atom is -0.454 e. The second-order valence-corrected chi connectivity index (χ2v) is 5.48. The number of imide groups is 1. The zero-order valence-electron chi connectivity index (χ0n) is 11.5. The molecule has 2 amide bonds. The van der Waals surface area contributed by atoms with Crippen LogP contribution in [0.3, 0.4) is 0 Å². The highest BCUT2D eigenvalue weighted by atomic mass is 35.5. The quantitative estimate of drug-likeness (QED) is 0.853. The van der Waals surface area contributed by atoms with E-state index in [1.165, 1.54) is 11.9 Å². The van der Waals surface area contributed by atoms with E-state index in [0.29, 0.717) is 35.9 Å². The largest absolute Gasteiger partial charge is 0.454 e. The van der Waals surface area contributed by atoms with Crippen molar-refractivity contribution < 1.29 is 19.1 Å². The Balaban J connectivity index is 1.67. The number of rotatable bonds is 3. The summed E-state index contributed by atoms with van der Waals surface area (Å²) in [7, 11) is 1.51. The molecule has 1 atom stereocenters. The molecule has 1 aromatic carbocycles. The first kappa shape index (κ1) is 14.2. The Labute approximate surface area is 127 Å². The number of nitrogens with zero attached hydrogens (tertiary/aromatic N) is 1. The number of fused-ring (bicyclic) bond motifs is 1. The van der Waals surface area contributed by atoms with Crippen LogP contribution in [0.25, 0.3) is 0 Å². The van der Waals surface area contributed by atoms with E-state index in [0.717, 1.165) is 5.56 Å². The molecule has 2 aliphatic rings. The van der Waals surface area contributed by atoms with Crippen molar-refractivity contribution in [3.8, 4) is 11.5 Å². The second-order valence-electron chi connectivity index (χ2n) is 5.07. The SMILES string of the molecule is CN1C(=O)CCC(NCc2cc(Cl)c3c(c2)OCO3)C1=O. The molecule has 0 aliphatic carbocycles. The number of halogens is 1. The number of hydrogen-bond donors (Lipinski definition) is 1. The monoisotopic (exact) mass is 310 g/mol. The van der Waals surface area contributed by atoms with Crippen LogP contribution >= 0.6 is 11.6 Å². The van der Waals surface area contributed by atoms with E-state index in [9.17, 15) is 9.59 Å². The maximum atomic E-state index is 12.0. The van der Waals surface area contributed by atoms with Gasteiger partial charge in [0.2, 0.25) is 18.6 Å². The number of benzene rings is 1. The third-order valence-electron chi connectivity index (χ3n) is 3.69. The first-order valence-corrected chi connectivity index (χ1v) is 7.06. The summed E-state index contributed by atoms with van der Waals surface area (Å²) < 4.78 is 10.6. The fraction of sp³-hybridized carbons (Fsp3) is 0.429. The molecule has 1 unspecified atom stereocenters. The molecule has 0 bridgehead atoms. The lowest BCUT2D eigenvalue weighted by Crippen LogP contribution is -2.51. The van der Waals surface area contributed by atoms with Crippen LogP contribution in [-0.2, 0) is 16.1 Å². The summed E-state index contributed by atoms with van der Waals surface area (Å²) >= 11 is 6.11. The fourth-order valence-corrected chi connectivity index (χ4v) is 2.76. The van der Waals surface area contributed by atoms with Gasteiger partial charge in [-0.2, -0.15) is 0 Å². The number of likely N-dealkylation sites (tertiary alicyclic amines) is 1. The lowest BCUT2D eigenvalue weighted by atomic mass is 10.0. The van der Waals surface area contributed by atoms with Crippen LogP contribution in [0, 0.1) is 0 Å². The van der Waals surface area contributed by atoms with Gasteiger partial charge in [0, 0.05) is 20.0 Å². The van der Waals surface area contributed by atoms with Crippen molar-refractivity contribution in [2.45, 2.75) is 25.4 Å². The van der Waals surface area contributed by atoms with Gasteiger partial charge in [0.25, 0.3) is 0 Å². The van der Waals surface area contributed by atoms with Crippen molar-refractivity contribution in [1.29, 1.82) is 0 Å². The Bertz CT molecular complexity index is 605. The molecule has 21 heavy (non-hydrogen) atoms. The molecule has 1 aromatic rings. The maximum Gasteiger partial charge on any atom is 0.246 e. The highest BCUT2D eigenvalue weighted by molar-refractivity contribution is 6.32. The molecule has 1 fully saturated rings. The molecule has 3 rings (SSSR count). The van der Waals surface area contributed by atoms with Crippen molar-refractivity contribution in [2.75, 3.05) is 13.8 Å². The fourth-order valence-electron chi connectivity index (χ4n) is 2.47. The number of carbonyl (C=O) groups excluding carboxylic acids is 2. The molecule has 0 aromatic heterocycles. The van der Waals surface area contributed by atoms with Crippen LogP contribution in [0.5, 0.6) is 11.5 Å². The predicted octanol–water partition coefficient (Wildman–Crippen LogP) is 1.31. The first-order valence-electron chi connectivity index (χ1n) is 6.68. The maximum absolute atomic E-state index is 12.0. The van der Waals surface area contributed by atoms with Gasteiger partial charge in [0.15, 0.2) is 11.5 Å². The minimum absolute atomic E-state index is 0.135. The zero-order valence-corrected chi connectivity index (χ0v) is 12.3. The molecule has 2 aliphatic heterocycles. The molecule has 0 spiro atoms. The van der Waals surface area contributed by atoms with E-state index in [2.05, 4.69) is 5.32 Å². The summed E-state index contributed by atoms with van der Waals surface area (Å²) in [5, 5.41) is 3.65. The molecule has 2 heterocycles. The number of amides is 2. The number of carbonyl (C=O) groups is 2. The number of ether oxygens (including phenoxy) is 2. The molecule has 0 radical (unpaired) electrons. The predicted molar refractivity (Wildman–Crippen MR) is 75.2 cm³/mol. The average Bonchev–Trinajstić information content (AvgIpc) is 2.93. The van der Waals surface area contributed by atoms with Crippen molar-refractivity contribution in [3.63, 3.8) is 0 Å². The number of hydrogen-bond acceptors (Lipinski definition) is 5. The zero-order chi connectivity index (χ0) is 15.0. The Hall–Kier alpha value is -1.79. The number of piperidine rings is 1. The minimum atomic E-state index is -0.350. The van der Waals surface area contributed by atoms with E-state index in [-0.39, 0.29) is 24.6 Å². The topological polar surface area (TPSA) is 67.9 Å². The summed E-state index contributed by atoms with van der Waals surface area (Å²) in [6.45, 7) is 0.634. The standard InChI is InChI=1S/C14H15ClN2O4/c1-17-12(18)3-2-10(14(17)19)16-6-8-4-9(15)13-11(5-8)20-7-21-13/h4-5,10,16H,2-3,6-7H2,1H3. The van der Waals surface area contributed by atoms with Crippen LogP contribution in [0.4, 0.5) is 0 Å². The van der Waals surface area contributed by atoms with Crippen LogP contribution in [-0.4, -0.2) is 36.6 Å². The van der Waals surface area contributed by atoms with E-state index in [1.807, 2.05) is 6.07 Å². The van der Waals surface area contributed by atoms with Gasteiger partial charge in [-0.15, -0.1) is 0 Å². The van der Waals surface area contributed by atoms with Gasteiger partial charge in [0.05, 0.1) is 11.1 Å². The highest BCUT2D eigenvalue weighted by Crippen LogP contribution is 2.39. The Morgan fingerprint density at radius 2 is 2.19 bits per heavy atom. The van der Waals surface area contributed by atoms with Gasteiger partial charge in [-0.25, -0.2) is 0 Å². The van der Waals surface area contributed by atoms with Gasteiger partial charge in [-0.3, -0.25) is 14.5 Å². The highest BCUT2D eigenvalue weighted by Gasteiger charge is 2.31. The van der Waals surface area contributed by atoms with Crippen LogP contribution < -0.4 is 14.8 Å². The van der Waals surface area contributed by atoms with Crippen LogP contribution in [0.1, 0.15) is 18.4 Å². The molecule has 1 saturated heterocycles. The van der Waals surface area contributed by atoms with Crippen molar-refractivity contribution in [2.24, 2.45) is 0 Å². The molecule has 112 valence electrons. The van der Waals surface area contributed by atoms with Gasteiger partial charge < -0.3 is 14.8 Å². The lowest BCUT2D eigenvalue weighted by molar-refractivity contribution is -0.148. The number of likely N-dealkylation sites (N-methyl/N-ethyl adjacent to an activating group) is 1. The smallest absolute Gasteiger partial charge is 0.246 e. The average molecular weight is 311 g/mol. The van der Waals surface area contributed by atoms with E-state index >= 15 is 0 Å². The molecule has 1 N–H and O–H groups in total. The van der Waals surface area contributed by atoms with Crippen molar-refractivity contribution >= 4 is 23.4 Å². The molecular weight excluding hydrogens is 296 g/mol. The second kappa shape index (κ2) is 5.54. The van der Waals surface area contributed by atoms with Crippen LogP contribution in [0.2, 0.25) is 5.02 Å². The summed E-state index contributed by atoms with van der Waals surface area (Å²) in [5.41, 5.74) is 0.900. The molecule has 6 nitrogen and oxygen atoms in total. The number of nitrogens with one attached hydrogen (secondary N) is 1. The van der Waals surface area contributed by atoms with Gasteiger partial charge >= 0.3 is 0 Å². The van der Waals surface area contributed by atoms with E-state index < -0.39 is 0 Å². The van der Waals surface area contributed by atoms with E-state index in [1.54, 1.807) is 6.07 Å². The molecular formula is C14H15ClN2O4. The van der Waals surface area contributed by atoms with Gasteiger partial charge in [0.1, 0.15) is 0 Å². The Morgan fingerprint density at radius 3 is 3.00 bits per heavy atom. The van der Waals surface area contributed by atoms with Crippen LogP contribution in [0.15, 0.2) is 12.1 Å². The first-order chi connectivity index (χ1) is 10.1. The summed E-state index contributed by atoms with van der Waals surface area (Å²) in [6.07, 6.45) is 0.891. The van der Waals surface area contributed by atoms with Gasteiger partial charge in [-0.1, -0.05) is 11.6 Å². The summed E-state index contributed by atoms with van der Waals surface area (Å²) in [4.78, 5) is 24.6. The Morgan fingerprint density at radius 1 is 1.38 bits per heavy atom. The van der Waals surface area contributed by atoms with Crippen molar-refractivity contribution in [1.82, 2.24) is 10.2 Å². The van der Waals surface area contributed by atoms with E-state index in [4.69, 9.17) is 21.1 Å². The van der Waals surface area contributed by atoms with Gasteiger partial charge in [-0.05, 0) is 24.1 Å². The lowest BCUT2D eigenvalue weighted by Gasteiger charge is -2.28. The Kier molecular flexibility index (Phi) is 3.73. The normalized spacial score (nSPS) is 21.0.